The summed E-state index contributed by atoms with van der Waals surface area (Å²) in [7, 11) is 0. The van der Waals surface area contributed by atoms with Crippen LogP contribution in [0, 0.1) is 5.82 Å². The Bertz CT molecular complexity index is 608. The molecule has 26 heavy (non-hydrogen) atoms. The number of carbonyl (C=O) groups is 1. The number of hydrogen-bond donors (Lipinski definition) is 2. The largest absolute Gasteiger partial charge is 0.493 e. The third-order valence-corrected chi connectivity index (χ3v) is 5.02. The fraction of sp³-hybridized carbons (Fsp3) is 0.632. The van der Waals surface area contributed by atoms with Crippen LogP contribution in [-0.2, 0) is 4.74 Å². The van der Waals surface area contributed by atoms with Crippen molar-refractivity contribution in [2.45, 2.75) is 37.8 Å². The van der Waals surface area contributed by atoms with Gasteiger partial charge in [-0.2, -0.15) is 0 Å². The highest BCUT2D eigenvalue weighted by Gasteiger charge is 2.35. The van der Waals surface area contributed by atoms with Crippen LogP contribution >= 0.6 is 0 Å². The van der Waals surface area contributed by atoms with Crippen LogP contribution in [-0.4, -0.2) is 62.3 Å². The van der Waals surface area contributed by atoms with Gasteiger partial charge in [-0.05, 0) is 57.1 Å². The third kappa shape index (κ3) is 4.72. The second kappa shape index (κ2) is 9.30. The number of rotatable bonds is 7. The molecule has 3 N–H and O–H groups in total. The second-order valence-electron chi connectivity index (χ2n) is 6.91. The van der Waals surface area contributed by atoms with Crippen molar-refractivity contribution in [2.24, 2.45) is 5.73 Å². The average molecular weight is 365 g/mol. The minimum atomic E-state index is -0.462. The molecule has 7 heteroatoms. The first kappa shape index (κ1) is 19.1. The van der Waals surface area contributed by atoms with E-state index in [2.05, 4.69) is 10.2 Å². The zero-order valence-corrected chi connectivity index (χ0v) is 15.1. The smallest absolute Gasteiger partial charge is 0.255 e. The Labute approximate surface area is 153 Å². The van der Waals surface area contributed by atoms with Gasteiger partial charge in [-0.1, -0.05) is 6.42 Å². The number of nitrogens with one attached hydrogen (secondary N) is 1. The summed E-state index contributed by atoms with van der Waals surface area (Å²) in [5.74, 6) is -0.410. The lowest BCUT2D eigenvalue weighted by Gasteiger charge is -2.34. The Morgan fingerprint density at radius 2 is 2.12 bits per heavy atom. The summed E-state index contributed by atoms with van der Waals surface area (Å²) in [6.07, 6.45) is 4.29. The Kier molecular flexibility index (Phi) is 6.82. The number of nitrogens with zero attached hydrogens (tertiary/aromatic N) is 1. The van der Waals surface area contributed by atoms with Gasteiger partial charge in [0.15, 0.2) is 0 Å². The normalized spacial score (nSPS) is 23.8. The lowest BCUT2D eigenvalue weighted by Crippen LogP contribution is -2.52. The fourth-order valence-electron chi connectivity index (χ4n) is 3.61. The van der Waals surface area contributed by atoms with Crippen molar-refractivity contribution in [1.29, 1.82) is 0 Å². The molecule has 3 rings (SSSR count). The molecule has 0 saturated carbocycles. The maximum Gasteiger partial charge on any atom is 0.255 e. The van der Waals surface area contributed by atoms with Crippen molar-refractivity contribution in [3.05, 3.63) is 29.6 Å². The van der Waals surface area contributed by atoms with Gasteiger partial charge in [0.05, 0.1) is 37.5 Å². The molecule has 2 atom stereocenters. The van der Waals surface area contributed by atoms with E-state index in [0.29, 0.717) is 38.5 Å². The van der Waals surface area contributed by atoms with Crippen LogP contribution < -0.4 is 15.8 Å². The van der Waals surface area contributed by atoms with E-state index >= 15 is 0 Å². The molecule has 0 aromatic heterocycles. The summed E-state index contributed by atoms with van der Waals surface area (Å²) < 4.78 is 24.9. The van der Waals surface area contributed by atoms with E-state index in [9.17, 15) is 9.18 Å². The molecule has 0 radical (unpaired) electrons. The van der Waals surface area contributed by atoms with Crippen molar-refractivity contribution < 1.29 is 18.7 Å². The first-order chi connectivity index (χ1) is 12.7. The van der Waals surface area contributed by atoms with Crippen LogP contribution in [0.3, 0.4) is 0 Å². The van der Waals surface area contributed by atoms with E-state index in [0.717, 1.165) is 13.1 Å². The minimum Gasteiger partial charge on any atom is -0.493 e. The highest BCUT2D eigenvalue weighted by Crippen LogP contribution is 2.22. The van der Waals surface area contributed by atoms with Crippen LogP contribution in [0.1, 0.15) is 36.0 Å². The number of nitrogens with two attached hydrogens (primary N) is 1. The van der Waals surface area contributed by atoms with Crippen LogP contribution in [0.4, 0.5) is 4.39 Å². The summed E-state index contributed by atoms with van der Waals surface area (Å²) in [6.45, 7) is 4.06. The predicted molar refractivity (Wildman–Crippen MR) is 96.9 cm³/mol. The van der Waals surface area contributed by atoms with Gasteiger partial charge in [0.1, 0.15) is 11.6 Å². The molecule has 2 fully saturated rings. The summed E-state index contributed by atoms with van der Waals surface area (Å²) in [4.78, 5) is 15.2. The van der Waals surface area contributed by atoms with Gasteiger partial charge in [0.25, 0.3) is 5.91 Å². The number of ether oxygens (including phenoxy) is 2. The molecule has 6 nitrogen and oxygen atoms in total. The van der Waals surface area contributed by atoms with Crippen LogP contribution in [0.5, 0.6) is 5.75 Å². The van der Waals surface area contributed by atoms with Gasteiger partial charge < -0.3 is 20.5 Å². The van der Waals surface area contributed by atoms with Gasteiger partial charge in [-0.25, -0.2) is 4.39 Å². The molecule has 2 saturated heterocycles. The topological polar surface area (TPSA) is 76.8 Å². The fourth-order valence-corrected chi connectivity index (χ4v) is 3.61. The van der Waals surface area contributed by atoms with Crippen molar-refractivity contribution in [2.75, 3.05) is 39.5 Å². The first-order valence-electron chi connectivity index (χ1n) is 9.44. The number of amides is 1. The van der Waals surface area contributed by atoms with Crippen molar-refractivity contribution >= 4 is 5.91 Å². The number of carbonyl (C=O) groups excluding carboxylic acids is 1. The van der Waals surface area contributed by atoms with E-state index in [1.54, 1.807) is 0 Å². The van der Waals surface area contributed by atoms with Crippen LogP contribution in [0.15, 0.2) is 18.2 Å². The molecular weight excluding hydrogens is 337 g/mol. The molecule has 2 aliphatic heterocycles. The number of hydrogen-bond acceptors (Lipinski definition) is 5. The molecule has 1 aromatic carbocycles. The van der Waals surface area contributed by atoms with E-state index in [1.165, 1.54) is 37.5 Å². The van der Waals surface area contributed by atoms with Gasteiger partial charge >= 0.3 is 0 Å². The third-order valence-electron chi connectivity index (χ3n) is 5.02. The van der Waals surface area contributed by atoms with E-state index in [-0.39, 0.29) is 23.6 Å². The van der Waals surface area contributed by atoms with E-state index < -0.39 is 5.82 Å². The summed E-state index contributed by atoms with van der Waals surface area (Å²) >= 11 is 0. The lowest BCUT2D eigenvalue weighted by molar-refractivity contribution is 0.0895. The van der Waals surface area contributed by atoms with E-state index in [1.807, 2.05) is 0 Å². The molecule has 144 valence electrons. The second-order valence-corrected chi connectivity index (χ2v) is 6.91. The standard InChI is InChI=1S/C19H28FN3O3/c20-14-5-6-18(26-10-4-7-21)15(11-14)19(24)22-16-12-25-13-17(16)23-8-2-1-3-9-23/h5-6,11,16-17H,1-4,7-10,12-13,21H2,(H,22,24)/t16-,17-/m0/s1. The van der Waals surface area contributed by atoms with Gasteiger partial charge in [-0.15, -0.1) is 0 Å². The zero-order valence-electron chi connectivity index (χ0n) is 15.1. The highest BCUT2D eigenvalue weighted by molar-refractivity contribution is 5.97. The number of likely N-dealkylation sites (tertiary alicyclic amines) is 1. The monoisotopic (exact) mass is 365 g/mol. The molecule has 2 aliphatic rings. The molecular formula is C19H28FN3O3. The first-order valence-corrected chi connectivity index (χ1v) is 9.44. The predicted octanol–water partition coefficient (Wildman–Crippen LogP) is 1.54. The van der Waals surface area contributed by atoms with Gasteiger partial charge in [0, 0.05) is 0 Å². The quantitative estimate of drug-likeness (QED) is 0.717. The van der Waals surface area contributed by atoms with Crippen LogP contribution in [0.2, 0.25) is 0 Å². The Balaban J connectivity index is 1.67. The summed E-state index contributed by atoms with van der Waals surface area (Å²) in [6, 6.07) is 4.09. The van der Waals surface area contributed by atoms with Crippen molar-refractivity contribution in [3.63, 3.8) is 0 Å². The van der Waals surface area contributed by atoms with Gasteiger partial charge in [0.2, 0.25) is 0 Å². The number of piperidine rings is 1. The number of benzene rings is 1. The molecule has 1 aromatic rings. The van der Waals surface area contributed by atoms with Crippen LogP contribution in [0.25, 0.3) is 0 Å². The summed E-state index contributed by atoms with van der Waals surface area (Å²) in [5.41, 5.74) is 5.69. The summed E-state index contributed by atoms with van der Waals surface area (Å²) in [5, 5.41) is 3.02. The molecule has 0 unspecified atom stereocenters. The molecule has 1 amide bonds. The molecule has 0 spiro atoms. The van der Waals surface area contributed by atoms with E-state index in [4.69, 9.17) is 15.2 Å². The molecule has 0 bridgehead atoms. The van der Waals surface area contributed by atoms with Crippen molar-refractivity contribution in [1.82, 2.24) is 10.2 Å². The maximum atomic E-state index is 13.7. The Hall–Kier alpha value is -1.70. The Morgan fingerprint density at radius 1 is 1.31 bits per heavy atom. The van der Waals surface area contributed by atoms with Gasteiger partial charge in [-0.3, -0.25) is 9.69 Å². The lowest BCUT2D eigenvalue weighted by atomic mass is 10.0. The highest BCUT2D eigenvalue weighted by atomic mass is 19.1. The average Bonchev–Trinajstić information content (AvgIpc) is 3.12. The SMILES string of the molecule is NCCCOc1ccc(F)cc1C(=O)N[C@H]1COC[C@@H]1N1CCCCC1. The zero-order chi connectivity index (χ0) is 18.4. The van der Waals surface area contributed by atoms with Crippen molar-refractivity contribution in [3.8, 4) is 5.75 Å². The Morgan fingerprint density at radius 3 is 2.88 bits per heavy atom. The molecule has 0 aliphatic carbocycles. The number of halogens is 1. The maximum absolute atomic E-state index is 13.7. The molecule has 2 heterocycles. The minimum absolute atomic E-state index is 0.0965.